The molecule has 0 aliphatic carbocycles. The Bertz CT molecular complexity index is 826. The first-order valence-electron chi connectivity index (χ1n) is 10.3. The SMILES string of the molecule is CN(C[C@@H]1CCCN(CCc2cccc(C(F)(F)F)c2)C1)C(=O)Cc1cccnc1. The first kappa shape index (κ1) is 22.3. The van der Waals surface area contributed by atoms with Crippen LogP contribution in [0.1, 0.15) is 29.5 Å². The van der Waals surface area contributed by atoms with Gasteiger partial charge in [0.1, 0.15) is 0 Å². The van der Waals surface area contributed by atoms with E-state index in [0.717, 1.165) is 44.1 Å². The minimum Gasteiger partial charge on any atom is -0.345 e. The van der Waals surface area contributed by atoms with Crippen molar-refractivity contribution in [2.75, 3.05) is 33.2 Å². The first-order valence-corrected chi connectivity index (χ1v) is 10.3. The molecule has 1 aromatic heterocycles. The Morgan fingerprint density at radius 3 is 2.77 bits per heavy atom. The molecule has 0 bridgehead atoms. The minimum atomic E-state index is -4.31. The number of nitrogens with zero attached hydrogens (tertiary/aromatic N) is 3. The highest BCUT2D eigenvalue weighted by atomic mass is 19.4. The van der Waals surface area contributed by atoms with E-state index in [1.54, 1.807) is 23.4 Å². The molecule has 2 heterocycles. The first-order chi connectivity index (χ1) is 14.3. The molecule has 1 atom stereocenters. The van der Waals surface area contributed by atoms with E-state index in [1.807, 2.05) is 19.2 Å². The third-order valence-electron chi connectivity index (χ3n) is 5.61. The Hall–Kier alpha value is -2.41. The van der Waals surface area contributed by atoms with Gasteiger partial charge in [0.15, 0.2) is 0 Å². The van der Waals surface area contributed by atoms with Crippen molar-refractivity contribution in [2.45, 2.75) is 31.9 Å². The van der Waals surface area contributed by atoms with Crippen molar-refractivity contribution >= 4 is 5.91 Å². The van der Waals surface area contributed by atoms with Crippen LogP contribution < -0.4 is 0 Å². The van der Waals surface area contributed by atoms with Crippen LogP contribution in [0.15, 0.2) is 48.8 Å². The molecule has 162 valence electrons. The van der Waals surface area contributed by atoms with Gasteiger partial charge in [0.05, 0.1) is 12.0 Å². The molecule has 7 heteroatoms. The second-order valence-electron chi connectivity index (χ2n) is 8.07. The number of hydrogen-bond donors (Lipinski definition) is 0. The Labute approximate surface area is 175 Å². The van der Waals surface area contributed by atoms with Crippen molar-refractivity contribution in [2.24, 2.45) is 5.92 Å². The van der Waals surface area contributed by atoms with Crippen LogP contribution in [0.3, 0.4) is 0 Å². The molecule has 1 saturated heterocycles. The molecule has 0 saturated carbocycles. The third-order valence-corrected chi connectivity index (χ3v) is 5.61. The summed E-state index contributed by atoms with van der Waals surface area (Å²) in [5.41, 5.74) is 1.02. The number of piperidine rings is 1. The van der Waals surface area contributed by atoms with Crippen LogP contribution in [0.4, 0.5) is 13.2 Å². The maximum absolute atomic E-state index is 12.9. The zero-order valence-electron chi connectivity index (χ0n) is 17.2. The lowest BCUT2D eigenvalue weighted by molar-refractivity contribution is -0.137. The van der Waals surface area contributed by atoms with Crippen LogP contribution in [-0.2, 0) is 23.8 Å². The molecule has 4 nitrogen and oxygen atoms in total. The zero-order valence-corrected chi connectivity index (χ0v) is 17.2. The van der Waals surface area contributed by atoms with E-state index in [-0.39, 0.29) is 5.91 Å². The van der Waals surface area contributed by atoms with Gasteiger partial charge in [0.25, 0.3) is 0 Å². The van der Waals surface area contributed by atoms with Crippen LogP contribution in [-0.4, -0.2) is 53.9 Å². The summed E-state index contributed by atoms with van der Waals surface area (Å²) in [6.45, 7) is 3.23. The maximum Gasteiger partial charge on any atom is 0.416 e. The van der Waals surface area contributed by atoms with Gasteiger partial charge < -0.3 is 9.80 Å². The molecule has 0 N–H and O–H groups in total. The van der Waals surface area contributed by atoms with Crippen molar-refractivity contribution in [1.29, 1.82) is 0 Å². The number of likely N-dealkylation sites (tertiary alicyclic amines) is 1. The fourth-order valence-corrected chi connectivity index (χ4v) is 4.00. The number of alkyl halides is 3. The average molecular weight is 419 g/mol. The number of carbonyl (C=O) groups excluding carboxylic acids is 1. The van der Waals surface area contributed by atoms with Gasteiger partial charge in [-0.15, -0.1) is 0 Å². The number of rotatable bonds is 7. The lowest BCUT2D eigenvalue weighted by atomic mass is 9.96. The van der Waals surface area contributed by atoms with Crippen LogP contribution in [0.25, 0.3) is 0 Å². The molecule has 3 rings (SSSR count). The molecular formula is C23H28F3N3O. The van der Waals surface area contributed by atoms with E-state index in [1.165, 1.54) is 12.1 Å². The largest absolute Gasteiger partial charge is 0.416 e. The second kappa shape index (κ2) is 10.1. The molecule has 0 spiro atoms. The van der Waals surface area contributed by atoms with Crippen molar-refractivity contribution < 1.29 is 18.0 Å². The number of hydrogen-bond acceptors (Lipinski definition) is 3. The molecule has 1 amide bonds. The molecule has 2 aromatic rings. The van der Waals surface area contributed by atoms with E-state index in [9.17, 15) is 18.0 Å². The van der Waals surface area contributed by atoms with E-state index in [4.69, 9.17) is 0 Å². The fourth-order valence-electron chi connectivity index (χ4n) is 4.00. The Morgan fingerprint density at radius 1 is 1.23 bits per heavy atom. The molecule has 30 heavy (non-hydrogen) atoms. The lowest BCUT2D eigenvalue weighted by Gasteiger charge is -2.34. The summed E-state index contributed by atoms with van der Waals surface area (Å²) in [4.78, 5) is 20.6. The van der Waals surface area contributed by atoms with Crippen LogP contribution in [0.5, 0.6) is 0 Å². The summed E-state index contributed by atoms with van der Waals surface area (Å²) in [5.74, 6) is 0.451. The van der Waals surface area contributed by atoms with Crippen LogP contribution in [0.2, 0.25) is 0 Å². The smallest absolute Gasteiger partial charge is 0.345 e. The van der Waals surface area contributed by atoms with Crippen LogP contribution in [0, 0.1) is 5.92 Å². The monoisotopic (exact) mass is 419 g/mol. The zero-order chi connectivity index (χ0) is 21.6. The minimum absolute atomic E-state index is 0.0732. The van der Waals surface area contributed by atoms with Gasteiger partial charge in [-0.1, -0.05) is 24.3 Å². The van der Waals surface area contributed by atoms with E-state index < -0.39 is 11.7 Å². The summed E-state index contributed by atoms with van der Waals surface area (Å²) in [5, 5.41) is 0. The quantitative estimate of drug-likeness (QED) is 0.679. The number of pyridine rings is 1. The predicted molar refractivity (Wildman–Crippen MR) is 110 cm³/mol. The second-order valence-corrected chi connectivity index (χ2v) is 8.07. The number of benzene rings is 1. The van der Waals surface area contributed by atoms with Crippen LogP contribution >= 0.6 is 0 Å². The van der Waals surface area contributed by atoms with Gasteiger partial charge in [-0.2, -0.15) is 13.2 Å². The lowest BCUT2D eigenvalue weighted by Crippen LogP contribution is -2.42. The molecular weight excluding hydrogens is 391 g/mol. The molecule has 1 aliphatic heterocycles. The molecule has 1 aliphatic rings. The maximum atomic E-state index is 12.9. The average Bonchev–Trinajstić information content (AvgIpc) is 2.73. The third kappa shape index (κ3) is 6.55. The predicted octanol–water partition coefficient (Wildman–Crippen LogP) is 4.06. The summed E-state index contributed by atoms with van der Waals surface area (Å²) in [6, 6.07) is 9.30. The highest BCUT2D eigenvalue weighted by molar-refractivity contribution is 5.78. The number of carbonyl (C=O) groups is 1. The Balaban J connectivity index is 1.47. The number of halogens is 3. The van der Waals surface area contributed by atoms with Crippen molar-refractivity contribution in [3.05, 3.63) is 65.5 Å². The summed E-state index contributed by atoms with van der Waals surface area (Å²) in [6.07, 6.45) is 2.12. The van der Waals surface area contributed by atoms with Gasteiger partial charge in [-0.25, -0.2) is 0 Å². The molecule has 1 fully saturated rings. The summed E-state index contributed by atoms with van der Waals surface area (Å²) < 4.78 is 38.7. The topological polar surface area (TPSA) is 36.4 Å². The van der Waals surface area contributed by atoms with Gasteiger partial charge in [-0.3, -0.25) is 9.78 Å². The van der Waals surface area contributed by atoms with Crippen molar-refractivity contribution in [1.82, 2.24) is 14.8 Å². The Kier molecular flexibility index (Phi) is 7.48. The molecule has 0 unspecified atom stereocenters. The van der Waals surface area contributed by atoms with E-state index in [2.05, 4.69) is 9.88 Å². The summed E-state index contributed by atoms with van der Waals surface area (Å²) in [7, 11) is 1.83. The van der Waals surface area contributed by atoms with E-state index in [0.29, 0.717) is 30.9 Å². The number of aromatic nitrogens is 1. The standard InChI is InChI=1S/C23H28F3N3O/c1-28(22(30)14-19-6-3-10-27-15-19)16-20-7-4-11-29(17-20)12-9-18-5-2-8-21(13-18)23(24,25)26/h2-3,5-6,8,10,13,15,20H,4,7,9,11-12,14,16-17H2,1H3/t20-/m0/s1. The van der Waals surface area contributed by atoms with E-state index >= 15 is 0 Å². The van der Waals surface area contributed by atoms with Crippen molar-refractivity contribution in [3.8, 4) is 0 Å². The van der Waals surface area contributed by atoms with Gasteiger partial charge in [0, 0.05) is 39.1 Å². The Morgan fingerprint density at radius 2 is 2.03 bits per heavy atom. The summed E-state index contributed by atoms with van der Waals surface area (Å²) >= 11 is 0. The highest BCUT2D eigenvalue weighted by Crippen LogP contribution is 2.29. The number of amides is 1. The van der Waals surface area contributed by atoms with Crippen molar-refractivity contribution in [3.63, 3.8) is 0 Å². The normalized spacial score (nSPS) is 17.7. The highest BCUT2D eigenvalue weighted by Gasteiger charge is 2.30. The van der Waals surface area contributed by atoms with Gasteiger partial charge in [-0.05, 0) is 55.0 Å². The molecule has 0 radical (unpaired) electrons. The van der Waals surface area contributed by atoms with Gasteiger partial charge >= 0.3 is 6.18 Å². The molecule has 1 aromatic carbocycles. The fraction of sp³-hybridized carbons (Fsp3) is 0.478. The number of likely N-dealkylation sites (N-methyl/N-ethyl adjacent to an activating group) is 1. The van der Waals surface area contributed by atoms with Gasteiger partial charge in [0.2, 0.25) is 5.91 Å².